The maximum Gasteiger partial charge on any atom is 0.265 e. The van der Waals surface area contributed by atoms with Gasteiger partial charge >= 0.3 is 0 Å². The van der Waals surface area contributed by atoms with Crippen molar-refractivity contribution in [2.45, 2.75) is 33.3 Å². The van der Waals surface area contributed by atoms with Gasteiger partial charge in [0.1, 0.15) is 5.75 Å². The molecule has 0 aromatic heterocycles. The van der Waals surface area contributed by atoms with E-state index in [4.69, 9.17) is 10.5 Å². The molecule has 2 aromatic rings. The van der Waals surface area contributed by atoms with E-state index < -0.39 is 6.10 Å². The number of aryl methyl sites for hydroxylation is 2. The van der Waals surface area contributed by atoms with Gasteiger partial charge in [0.05, 0.1) is 0 Å². The van der Waals surface area contributed by atoms with Crippen molar-refractivity contribution in [1.82, 2.24) is 0 Å². The van der Waals surface area contributed by atoms with Crippen molar-refractivity contribution < 1.29 is 9.53 Å². The minimum Gasteiger partial charge on any atom is -0.480 e. The largest absolute Gasteiger partial charge is 0.480 e. The fraction of sp³-hybridized carbons (Fsp3) is 0.278. The standard InChI is InChI=1S/C18H22N2O2/c1-4-16(22-17-8-6-5-7-12(17)2)18(21)20-15-10-9-14(19)11-13(15)3/h5-11,16H,4,19H2,1-3H3,(H,20,21)/t16-/m1/s1. The Labute approximate surface area is 131 Å². The van der Waals surface area contributed by atoms with Crippen LogP contribution in [0.3, 0.4) is 0 Å². The highest BCUT2D eigenvalue weighted by molar-refractivity contribution is 5.95. The van der Waals surface area contributed by atoms with Crippen LogP contribution in [0.15, 0.2) is 42.5 Å². The molecule has 3 N–H and O–H groups in total. The van der Waals surface area contributed by atoms with Gasteiger partial charge in [0.25, 0.3) is 5.91 Å². The van der Waals surface area contributed by atoms with E-state index in [1.165, 1.54) is 0 Å². The Kier molecular flexibility index (Phi) is 5.04. The average Bonchev–Trinajstić information content (AvgIpc) is 2.49. The van der Waals surface area contributed by atoms with E-state index >= 15 is 0 Å². The zero-order chi connectivity index (χ0) is 16.1. The van der Waals surface area contributed by atoms with E-state index in [0.717, 1.165) is 22.6 Å². The van der Waals surface area contributed by atoms with Gasteiger partial charge in [-0.1, -0.05) is 25.1 Å². The molecule has 0 spiro atoms. The molecule has 0 aliphatic carbocycles. The summed E-state index contributed by atoms with van der Waals surface area (Å²) in [7, 11) is 0. The van der Waals surface area contributed by atoms with Crippen LogP contribution in [0, 0.1) is 13.8 Å². The summed E-state index contributed by atoms with van der Waals surface area (Å²) in [5, 5.41) is 2.91. The molecule has 22 heavy (non-hydrogen) atoms. The molecule has 1 amide bonds. The fourth-order valence-electron chi connectivity index (χ4n) is 2.20. The average molecular weight is 298 g/mol. The van der Waals surface area contributed by atoms with Crippen LogP contribution in [0.1, 0.15) is 24.5 Å². The van der Waals surface area contributed by atoms with Gasteiger partial charge in [-0.25, -0.2) is 0 Å². The minimum atomic E-state index is -0.530. The Balaban J connectivity index is 2.10. The van der Waals surface area contributed by atoms with Crippen molar-refractivity contribution in [3.05, 3.63) is 53.6 Å². The van der Waals surface area contributed by atoms with Crippen molar-refractivity contribution in [3.63, 3.8) is 0 Å². The van der Waals surface area contributed by atoms with Crippen LogP contribution in [0.4, 0.5) is 11.4 Å². The number of benzene rings is 2. The fourth-order valence-corrected chi connectivity index (χ4v) is 2.20. The number of hydrogen-bond acceptors (Lipinski definition) is 3. The van der Waals surface area contributed by atoms with Crippen LogP contribution in [0.2, 0.25) is 0 Å². The predicted octanol–water partition coefficient (Wildman–Crippen LogP) is 3.68. The summed E-state index contributed by atoms with van der Waals surface area (Å²) >= 11 is 0. The van der Waals surface area contributed by atoms with Crippen molar-refractivity contribution in [3.8, 4) is 5.75 Å². The summed E-state index contributed by atoms with van der Waals surface area (Å²) in [4.78, 5) is 12.4. The number of carbonyl (C=O) groups is 1. The maximum atomic E-state index is 12.4. The van der Waals surface area contributed by atoms with Gasteiger partial charge in [-0.05, 0) is 55.7 Å². The van der Waals surface area contributed by atoms with Crippen LogP contribution in [-0.4, -0.2) is 12.0 Å². The van der Waals surface area contributed by atoms with E-state index in [9.17, 15) is 4.79 Å². The quantitative estimate of drug-likeness (QED) is 0.828. The summed E-state index contributed by atoms with van der Waals surface area (Å²) in [6.45, 7) is 5.80. The van der Waals surface area contributed by atoms with Gasteiger partial charge in [0.15, 0.2) is 6.10 Å². The Morgan fingerprint density at radius 2 is 1.91 bits per heavy atom. The van der Waals surface area contributed by atoms with Crippen LogP contribution in [0.5, 0.6) is 5.75 Å². The first-order chi connectivity index (χ1) is 10.5. The predicted molar refractivity (Wildman–Crippen MR) is 90.1 cm³/mol. The molecule has 0 unspecified atom stereocenters. The highest BCUT2D eigenvalue weighted by Gasteiger charge is 2.19. The number of nitrogens with one attached hydrogen (secondary N) is 1. The normalized spacial score (nSPS) is 11.8. The molecule has 0 heterocycles. The second-order valence-electron chi connectivity index (χ2n) is 5.34. The highest BCUT2D eigenvalue weighted by Crippen LogP contribution is 2.21. The third-order valence-electron chi connectivity index (χ3n) is 3.53. The van der Waals surface area contributed by atoms with Crippen molar-refractivity contribution in [2.24, 2.45) is 0 Å². The van der Waals surface area contributed by atoms with Gasteiger partial charge in [0, 0.05) is 11.4 Å². The number of para-hydroxylation sites is 1. The third kappa shape index (κ3) is 3.79. The number of carbonyl (C=O) groups excluding carboxylic acids is 1. The summed E-state index contributed by atoms with van der Waals surface area (Å²) in [5.41, 5.74) is 9.10. The minimum absolute atomic E-state index is 0.154. The lowest BCUT2D eigenvalue weighted by Gasteiger charge is -2.19. The molecule has 2 rings (SSSR count). The van der Waals surface area contributed by atoms with E-state index in [1.54, 1.807) is 6.07 Å². The van der Waals surface area contributed by atoms with Crippen LogP contribution < -0.4 is 15.8 Å². The molecule has 0 saturated heterocycles. The summed E-state index contributed by atoms with van der Waals surface area (Å²) in [6.07, 6.45) is 0.0619. The lowest BCUT2D eigenvalue weighted by atomic mass is 10.1. The Bertz CT molecular complexity index is 668. The third-order valence-corrected chi connectivity index (χ3v) is 3.53. The molecule has 2 aromatic carbocycles. The number of ether oxygens (including phenoxy) is 1. The first kappa shape index (κ1) is 15.9. The van der Waals surface area contributed by atoms with E-state index in [0.29, 0.717) is 12.1 Å². The lowest BCUT2D eigenvalue weighted by Crippen LogP contribution is -2.32. The maximum absolute atomic E-state index is 12.4. The SMILES string of the molecule is CC[C@@H](Oc1ccccc1C)C(=O)Nc1ccc(N)cc1C. The first-order valence-corrected chi connectivity index (χ1v) is 7.40. The zero-order valence-electron chi connectivity index (χ0n) is 13.2. The molecular formula is C18H22N2O2. The molecule has 1 atom stereocenters. The molecule has 116 valence electrons. The number of anilines is 2. The van der Waals surface area contributed by atoms with E-state index in [1.807, 2.05) is 57.2 Å². The first-order valence-electron chi connectivity index (χ1n) is 7.40. The molecule has 0 bridgehead atoms. The van der Waals surface area contributed by atoms with Crippen LogP contribution in [0.25, 0.3) is 0 Å². The molecule has 0 aliphatic rings. The van der Waals surface area contributed by atoms with Gasteiger partial charge in [-0.2, -0.15) is 0 Å². The van der Waals surface area contributed by atoms with E-state index in [-0.39, 0.29) is 5.91 Å². The molecule has 0 radical (unpaired) electrons. The molecule has 0 aliphatic heterocycles. The Morgan fingerprint density at radius 3 is 2.55 bits per heavy atom. The van der Waals surface area contributed by atoms with Gasteiger partial charge in [-0.3, -0.25) is 4.79 Å². The highest BCUT2D eigenvalue weighted by atomic mass is 16.5. The second kappa shape index (κ2) is 6.98. The zero-order valence-corrected chi connectivity index (χ0v) is 13.2. The smallest absolute Gasteiger partial charge is 0.265 e. The number of amides is 1. The number of rotatable bonds is 5. The molecule has 4 heteroatoms. The van der Waals surface area contributed by atoms with Crippen LogP contribution in [-0.2, 0) is 4.79 Å². The molecule has 0 fully saturated rings. The van der Waals surface area contributed by atoms with E-state index in [2.05, 4.69) is 5.32 Å². The summed E-state index contributed by atoms with van der Waals surface area (Å²) in [5.74, 6) is 0.581. The second-order valence-corrected chi connectivity index (χ2v) is 5.34. The van der Waals surface area contributed by atoms with Crippen molar-refractivity contribution in [1.29, 1.82) is 0 Å². The number of hydrogen-bond donors (Lipinski definition) is 2. The molecular weight excluding hydrogens is 276 g/mol. The van der Waals surface area contributed by atoms with Crippen molar-refractivity contribution in [2.75, 3.05) is 11.1 Å². The summed E-state index contributed by atoms with van der Waals surface area (Å²) in [6, 6.07) is 13.1. The molecule has 4 nitrogen and oxygen atoms in total. The Morgan fingerprint density at radius 1 is 1.18 bits per heavy atom. The summed E-state index contributed by atoms with van der Waals surface area (Å²) < 4.78 is 5.86. The van der Waals surface area contributed by atoms with Crippen LogP contribution >= 0.6 is 0 Å². The number of nitrogen functional groups attached to an aromatic ring is 1. The number of nitrogens with two attached hydrogens (primary N) is 1. The van der Waals surface area contributed by atoms with Gasteiger partial charge in [-0.15, -0.1) is 0 Å². The van der Waals surface area contributed by atoms with Gasteiger partial charge < -0.3 is 15.8 Å². The lowest BCUT2D eigenvalue weighted by molar-refractivity contribution is -0.122. The van der Waals surface area contributed by atoms with Crippen molar-refractivity contribution >= 4 is 17.3 Å². The topological polar surface area (TPSA) is 64.3 Å². The Hall–Kier alpha value is -2.49. The van der Waals surface area contributed by atoms with Gasteiger partial charge in [0.2, 0.25) is 0 Å². The monoisotopic (exact) mass is 298 g/mol. The molecule has 0 saturated carbocycles.